The van der Waals surface area contributed by atoms with Gasteiger partial charge in [0.05, 0.1) is 0 Å². The molecule has 150 valence electrons. The molecule has 1 fully saturated rings. The van der Waals surface area contributed by atoms with Crippen LogP contribution in [-0.2, 0) is 11.3 Å². The number of aliphatic imine (C=N–C) groups is 1. The van der Waals surface area contributed by atoms with Gasteiger partial charge >= 0.3 is 6.61 Å². The second kappa shape index (κ2) is 8.60. The zero-order valence-electron chi connectivity index (χ0n) is 15.5. The Balaban J connectivity index is 1.59. The molecule has 1 saturated carbocycles. The van der Waals surface area contributed by atoms with Crippen LogP contribution in [0.3, 0.4) is 0 Å². The van der Waals surface area contributed by atoms with Gasteiger partial charge in [-0.15, -0.1) is 0 Å². The summed E-state index contributed by atoms with van der Waals surface area (Å²) in [7, 11) is 3.37. The van der Waals surface area contributed by atoms with Crippen LogP contribution in [0.1, 0.15) is 24.8 Å². The van der Waals surface area contributed by atoms with Crippen LogP contribution in [0.5, 0.6) is 17.2 Å². The standard InChI is InChI=1S/C18H25F2N3O4/c1-21-17(23-10-18(3-4-18)5-6-24-2)22-9-12-7-14-15(26-11-25-14)8-13(12)27-16(19)20/h7-8,16H,3-6,9-11H2,1-2H3,(H2,21,22,23). The van der Waals surface area contributed by atoms with Crippen molar-refractivity contribution in [2.45, 2.75) is 32.4 Å². The fourth-order valence-electron chi connectivity index (χ4n) is 2.99. The van der Waals surface area contributed by atoms with E-state index in [9.17, 15) is 8.78 Å². The molecular formula is C18H25F2N3O4. The van der Waals surface area contributed by atoms with Gasteiger partial charge in [0.15, 0.2) is 17.5 Å². The minimum atomic E-state index is -2.92. The van der Waals surface area contributed by atoms with Gasteiger partial charge in [-0.1, -0.05) is 0 Å². The fraction of sp³-hybridized carbons (Fsp3) is 0.611. The molecule has 1 aliphatic carbocycles. The van der Waals surface area contributed by atoms with Crippen LogP contribution in [0.25, 0.3) is 0 Å². The lowest BCUT2D eigenvalue weighted by atomic mass is 10.0. The lowest BCUT2D eigenvalue weighted by Gasteiger charge is -2.19. The Morgan fingerprint density at radius 1 is 1.26 bits per heavy atom. The monoisotopic (exact) mass is 385 g/mol. The van der Waals surface area contributed by atoms with E-state index in [2.05, 4.69) is 20.4 Å². The third kappa shape index (κ3) is 5.12. The van der Waals surface area contributed by atoms with Crippen LogP contribution in [0.4, 0.5) is 8.78 Å². The second-order valence-corrected chi connectivity index (χ2v) is 6.71. The molecule has 0 unspecified atom stereocenters. The molecule has 0 bridgehead atoms. The zero-order valence-corrected chi connectivity index (χ0v) is 15.5. The highest BCUT2D eigenvalue weighted by atomic mass is 19.3. The highest BCUT2D eigenvalue weighted by Crippen LogP contribution is 2.48. The smallest absolute Gasteiger partial charge is 0.387 e. The Morgan fingerprint density at radius 2 is 2.00 bits per heavy atom. The Kier molecular flexibility index (Phi) is 6.20. The molecule has 0 spiro atoms. The number of halogens is 2. The molecule has 1 aromatic carbocycles. The lowest BCUT2D eigenvalue weighted by molar-refractivity contribution is -0.0505. The van der Waals surface area contributed by atoms with Gasteiger partial charge in [0.2, 0.25) is 6.79 Å². The summed E-state index contributed by atoms with van der Waals surface area (Å²) in [6, 6.07) is 3.06. The summed E-state index contributed by atoms with van der Waals surface area (Å²) < 4.78 is 45.8. The molecule has 3 rings (SSSR count). The highest BCUT2D eigenvalue weighted by Gasteiger charge is 2.41. The van der Waals surface area contributed by atoms with Crippen molar-refractivity contribution in [1.82, 2.24) is 10.6 Å². The van der Waals surface area contributed by atoms with E-state index >= 15 is 0 Å². The third-order valence-electron chi connectivity index (χ3n) is 4.87. The van der Waals surface area contributed by atoms with Gasteiger partial charge in [-0.05, 0) is 30.7 Å². The van der Waals surface area contributed by atoms with Gasteiger partial charge in [0, 0.05) is 45.5 Å². The first kappa shape index (κ1) is 19.5. The van der Waals surface area contributed by atoms with Crippen LogP contribution >= 0.6 is 0 Å². The van der Waals surface area contributed by atoms with Crippen LogP contribution < -0.4 is 24.8 Å². The van der Waals surface area contributed by atoms with Gasteiger partial charge in [0.25, 0.3) is 0 Å². The molecule has 0 atom stereocenters. The number of nitrogens with zero attached hydrogens (tertiary/aromatic N) is 1. The van der Waals surface area contributed by atoms with E-state index in [0.717, 1.165) is 32.4 Å². The van der Waals surface area contributed by atoms with Gasteiger partial charge in [-0.2, -0.15) is 8.78 Å². The largest absolute Gasteiger partial charge is 0.454 e. The average Bonchev–Trinajstić information content (AvgIpc) is 3.28. The van der Waals surface area contributed by atoms with E-state index in [0.29, 0.717) is 23.0 Å². The van der Waals surface area contributed by atoms with E-state index in [4.69, 9.17) is 14.2 Å². The maximum Gasteiger partial charge on any atom is 0.387 e. The Bertz CT molecular complexity index is 681. The van der Waals surface area contributed by atoms with E-state index < -0.39 is 6.61 Å². The van der Waals surface area contributed by atoms with Crippen LogP contribution in [0.15, 0.2) is 17.1 Å². The van der Waals surface area contributed by atoms with Crippen molar-refractivity contribution in [3.63, 3.8) is 0 Å². The van der Waals surface area contributed by atoms with Crippen molar-refractivity contribution in [3.8, 4) is 17.2 Å². The Morgan fingerprint density at radius 3 is 2.63 bits per heavy atom. The highest BCUT2D eigenvalue weighted by molar-refractivity contribution is 5.79. The number of hydrogen-bond donors (Lipinski definition) is 2. The average molecular weight is 385 g/mol. The number of ether oxygens (including phenoxy) is 4. The van der Waals surface area contributed by atoms with Crippen molar-refractivity contribution in [2.24, 2.45) is 10.4 Å². The lowest BCUT2D eigenvalue weighted by Crippen LogP contribution is -2.40. The molecule has 0 amide bonds. The quantitative estimate of drug-likeness (QED) is 0.503. The minimum Gasteiger partial charge on any atom is -0.454 e. The SMILES string of the molecule is CN=C(NCc1cc2c(cc1OC(F)F)OCO2)NCC1(CCOC)CC1. The van der Waals surface area contributed by atoms with Crippen molar-refractivity contribution in [3.05, 3.63) is 17.7 Å². The number of rotatable bonds is 9. The molecule has 2 N–H and O–H groups in total. The summed E-state index contributed by atoms with van der Waals surface area (Å²) in [5, 5.41) is 6.44. The molecule has 0 radical (unpaired) electrons. The third-order valence-corrected chi connectivity index (χ3v) is 4.87. The maximum absolute atomic E-state index is 12.7. The molecule has 0 aromatic heterocycles. The first-order valence-corrected chi connectivity index (χ1v) is 8.86. The van der Waals surface area contributed by atoms with E-state index in [1.165, 1.54) is 6.07 Å². The Hall–Kier alpha value is -2.29. The molecule has 1 heterocycles. The number of guanidine groups is 1. The van der Waals surface area contributed by atoms with E-state index in [1.807, 2.05) is 0 Å². The molecule has 27 heavy (non-hydrogen) atoms. The number of nitrogens with one attached hydrogen (secondary N) is 2. The summed E-state index contributed by atoms with van der Waals surface area (Å²) in [6.45, 7) is -1.08. The summed E-state index contributed by atoms with van der Waals surface area (Å²) in [6.07, 6.45) is 3.33. The van der Waals surface area contributed by atoms with Crippen LogP contribution in [-0.4, -0.2) is 46.7 Å². The topological polar surface area (TPSA) is 73.3 Å². The summed E-state index contributed by atoms with van der Waals surface area (Å²) in [5.74, 6) is 1.55. The fourth-order valence-corrected chi connectivity index (χ4v) is 2.99. The number of benzene rings is 1. The Labute approximate surface area is 157 Å². The molecule has 0 saturated heterocycles. The maximum atomic E-state index is 12.7. The first-order chi connectivity index (χ1) is 13.0. The van der Waals surface area contributed by atoms with Gasteiger partial charge in [0.1, 0.15) is 5.75 Å². The van der Waals surface area contributed by atoms with Crippen molar-refractivity contribution < 1.29 is 27.7 Å². The first-order valence-electron chi connectivity index (χ1n) is 8.86. The zero-order chi connectivity index (χ0) is 19.3. The van der Waals surface area contributed by atoms with Crippen LogP contribution in [0, 0.1) is 5.41 Å². The molecule has 1 aliphatic heterocycles. The van der Waals surface area contributed by atoms with E-state index in [1.54, 1.807) is 20.2 Å². The number of fused-ring (bicyclic) bond motifs is 1. The molecular weight excluding hydrogens is 360 g/mol. The summed E-state index contributed by atoms with van der Waals surface area (Å²) in [4.78, 5) is 4.20. The van der Waals surface area contributed by atoms with Crippen molar-refractivity contribution >= 4 is 5.96 Å². The normalized spacial score (nSPS) is 17.1. The van der Waals surface area contributed by atoms with Crippen molar-refractivity contribution in [2.75, 3.05) is 34.1 Å². The predicted octanol–water partition coefficient (Wildman–Crippen LogP) is 2.50. The molecule has 1 aromatic rings. The molecule has 7 nitrogen and oxygen atoms in total. The van der Waals surface area contributed by atoms with Crippen molar-refractivity contribution in [1.29, 1.82) is 0 Å². The number of alkyl halides is 2. The van der Waals surface area contributed by atoms with E-state index in [-0.39, 0.29) is 24.5 Å². The summed E-state index contributed by atoms with van der Waals surface area (Å²) >= 11 is 0. The summed E-state index contributed by atoms with van der Waals surface area (Å²) in [5.41, 5.74) is 0.791. The number of methoxy groups -OCH3 is 1. The molecule has 2 aliphatic rings. The second-order valence-electron chi connectivity index (χ2n) is 6.71. The van der Waals surface area contributed by atoms with Crippen LogP contribution in [0.2, 0.25) is 0 Å². The minimum absolute atomic E-state index is 0.0518. The molecule has 9 heteroatoms. The predicted molar refractivity (Wildman–Crippen MR) is 95.6 cm³/mol. The van der Waals surface area contributed by atoms with Gasteiger partial charge < -0.3 is 29.6 Å². The number of hydrogen-bond acceptors (Lipinski definition) is 5. The van der Waals surface area contributed by atoms with Gasteiger partial charge in [-0.25, -0.2) is 0 Å². The van der Waals surface area contributed by atoms with Gasteiger partial charge in [-0.3, -0.25) is 4.99 Å².